The van der Waals surface area contributed by atoms with Crippen LogP contribution in [0.25, 0.3) is 0 Å². The number of nitrogens with zero attached hydrogens (tertiary/aromatic N) is 3. The molecule has 1 aromatic rings. The van der Waals surface area contributed by atoms with Crippen LogP contribution in [0.2, 0.25) is 0 Å². The number of likely N-dealkylation sites (N-methyl/N-ethyl adjacent to an activating group) is 2. The molecule has 0 fully saturated rings. The molecule has 2 rings (SSSR count). The number of sulfonamides is 1. The second kappa shape index (κ2) is 6.01. The summed E-state index contributed by atoms with van der Waals surface area (Å²) in [6.45, 7) is 1.85. The van der Waals surface area contributed by atoms with Crippen molar-refractivity contribution in [2.75, 3.05) is 27.2 Å². The van der Waals surface area contributed by atoms with Crippen molar-refractivity contribution in [2.45, 2.75) is 24.4 Å². The highest BCUT2D eigenvalue weighted by atomic mass is 35.5. The molecule has 1 aliphatic rings. The SMILES string of the molecule is CNCCN(C)S(=O)(=O)c1cnc2n1CCC2.Cl. The van der Waals surface area contributed by atoms with Crippen molar-refractivity contribution in [3.63, 3.8) is 0 Å². The molecule has 8 heteroatoms. The molecule has 18 heavy (non-hydrogen) atoms. The molecule has 1 aromatic heterocycles. The molecule has 0 saturated heterocycles. The van der Waals surface area contributed by atoms with E-state index in [-0.39, 0.29) is 12.4 Å². The normalized spacial score (nSPS) is 14.6. The monoisotopic (exact) mass is 294 g/mol. The van der Waals surface area contributed by atoms with Crippen molar-refractivity contribution in [3.8, 4) is 0 Å². The van der Waals surface area contributed by atoms with Gasteiger partial charge in [0.1, 0.15) is 5.82 Å². The van der Waals surface area contributed by atoms with Gasteiger partial charge in [-0.15, -0.1) is 12.4 Å². The molecule has 0 saturated carbocycles. The molecule has 6 nitrogen and oxygen atoms in total. The molecular formula is C10H19ClN4O2S. The lowest BCUT2D eigenvalue weighted by molar-refractivity contribution is 0.458. The van der Waals surface area contributed by atoms with E-state index in [2.05, 4.69) is 10.3 Å². The minimum Gasteiger partial charge on any atom is -0.318 e. The maximum atomic E-state index is 12.3. The number of aromatic nitrogens is 2. The standard InChI is InChI=1S/C10H18N4O2S.ClH/c1-11-5-7-13(2)17(15,16)10-8-12-9-4-3-6-14(9)10;/h8,11H,3-7H2,1-2H3;1H. The van der Waals surface area contributed by atoms with Gasteiger partial charge >= 0.3 is 0 Å². The van der Waals surface area contributed by atoms with Gasteiger partial charge in [-0.25, -0.2) is 13.4 Å². The average Bonchev–Trinajstić information content (AvgIpc) is 2.86. The van der Waals surface area contributed by atoms with Crippen molar-refractivity contribution in [2.24, 2.45) is 0 Å². The maximum Gasteiger partial charge on any atom is 0.260 e. The molecule has 0 bridgehead atoms. The van der Waals surface area contributed by atoms with Gasteiger partial charge in [0.2, 0.25) is 0 Å². The summed E-state index contributed by atoms with van der Waals surface area (Å²) in [5.41, 5.74) is 0. The number of rotatable bonds is 5. The van der Waals surface area contributed by atoms with Gasteiger partial charge in [-0.05, 0) is 13.5 Å². The Labute approximate surface area is 114 Å². The van der Waals surface area contributed by atoms with E-state index >= 15 is 0 Å². The molecular weight excluding hydrogens is 276 g/mol. The van der Waals surface area contributed by atoms with Crippen molar-refractivity contribution >= 4 is 22.4 Å². The second-order valence-corrected chi connectivity index (χ2v) is 6.19. The lowest BCUT2D eigenvalue weighted by Crippen LogP contribution is -2.33. The van der Waals surface area contributed by atoms with E-state index in [1.807, 2.05) is 4.57 Å². The molecule has 1 N–H and O–H groups in total. The van der Waals surface area contributed by atoms with Gasteiger partial charge < -0.3 is 9.88 Å². The zero-order chi connectivity index (χ0) is 12.5. The van der Waals surface area contributed by atoms with Crippen LogP contribution in [-0.2, 0) is 23.0 Å². The van der Waals surface area contributed by atoms with Crippen LogP contribution >= 0.6 is 12.4 Å². The Morgan fingerprint density at radius 2 is 2.28 bits per heavy atom. The van der Waals surface area contributed by atoms with E-state index in [9.17, 15) is 8.42 Å². The van der Waals surface area contributed by atoms with Crippen LogP contribution < -0.4 is 5.32 Å². The van der Waals surface area contributed by atoms with Gasteiger partial charge in [0.25, 0.3) is 10.0 Å². The first kappa shape index (κ1) is 15.4. The van der Waals surface area contributed by atoms with E-state index in [1.165, 1.54) is 10.5 Å². The minimum absolute atomic E-state index is 0. The van der Waals surface area contributed by atoms with Crippen LogP contribution in [0.5, 0.6) is 0 Å². The zero-order valence-corrected chi connectivity index (χ0v) is 12.2. The quantitative estimate of drug-likeness (QED) is 0.836. The largest absolute Gasteiger partial charge is 0.318 e. The Morgan fingerprint density at radius 3 is 2.94 bits per heavy atom. The minimum atomic E-state index is -3.40. The number of hydrogen-bond acceptors (Lipinski definition) is 4. The van der Waals surface area contributed by atoms with E-state index in [0.717, 1.165) is 25.2 Å². The van der Waals surface area contributed by atoms with Crippen LogP contribution in [-0.4, -0.2) is 49.5 Å². The highest BCUT2D eigenvalue weighted by Crippen LogP contribution is 2.21. The summed E-state index contributed by atoms with van der Waals surface area (Å²) in [4.78, 5) is 4.17. The van der Waals surface area contributed by atoms with E-state index < -0.39 is 10.0 Å². The van der Waals surface area contributed by atoms with Crippen LogP contribution in [0.3, 0.4) is 0 Å². The average molecular weight is 295 g/mol. The molecule has 104 valence electrons. The second-order valence-electron chi connectivity index (χ2n) is 4.20. The van der Waals surface area contributed by atoms with Crippen LogP contribution in [0, 0.1) is 0 Å². The third-order valence-corrected chi connectivity index (χ3v) is 4.89. The van der Waals surface area contributed by atoms with Gasteiger partial charge in [-0.2, -0.15) is 4.31 Å². The molecule has 0 spiro atoms. The first-order chi connectivity index (χ1) is 8.07. The highest BCUT2D eigenvalue weighted by molar-refractivity contribution is 7.89. The predicted molar refractivity (Wildman–Crippen MR) is 71.5 cm³/mol. The van der Waals surface area contributed by atoms with Gasteiger partial charge in [-0.1, -0.05) is 0 Å². The summed E-state index contributed by atoms with van der Waals surface area (Å²) in [7, 11) is 0.00200. The Morgan fingerprint density at radius 1 is 1.56 bits per heavy atom. The summed E-state index contributed by atoms with van der Waals surface area (Å²) < 4.78 is 27.8. The lowest BCUT2D eigenvalue weighted by atomic mass is 10.4. The fraction of sp³-hybridized carbons (Fsp3) is 0.700. The fourth-order valence-corrected chi connectivity index (χ4v) is 3.30. The molecule has 0 aromatic carbocycles. The molecule has 1 aliphatic heterocycles. The summed E-state index contributed by atoms with van der Waals surface area (Å²) in [5, 5.41) is 3.26. The smallest absolute Gasteiger partial charge is 0.260 e. The Balaban J connectivity index is 0.00000162. The number of imidazole rings is 1. The first-order valence-electron chi connectivity index (χ1n) is 5.72. The summed E-state index contributed by atoms with van der Waals surface area (Å²) in [5.74, 6) is 0.880. The van der Waals surface area contributed by atoms with Crippen molar-refractivity contribution in [1.82, 2.24) is 19.2 Å². The lowest BCUT2D eigenvalue weighted by Gasteiger charge is -2.17. The van der Waals surface area contributed by atoms with Crippen molar-refractivity contribution in [1.29, 1.82) is 0 Å². The topological polar surface area (TPSA) is 67.2 Å². The third-order valence-electron chi connectivity index (χ3n) is 3.04. The van der Waals surface area contributed by atoms with E-state index in [1.54, 1.807) is 14.1 Å². The molecule has 2 heterocycles. The number of hydrogen-bond donors (Lipinski definition) is 1. The Kier molecular flexibility index (Phi) is 5.15. The Hall–Kier alpha value is -0.630. The molecule has 0 unspecified atom stereocenters. The highest BCUT2D eigenvalue weighted by Gasteiger charge is 2.28. The maximum absolute atomic E-state index is 12.3. The summed E-state index contributed by atoms with van der Waals surface area (Å²) in [6.07, 6.45) is 3.32. The number of halogens is 1. The van der Waals surface area contributed by atoms with Crippen LogP contribution in [0.15, 0.2) is 11.2 Å². The molecule has 0 amide bonds. The van der Waals surface area contributed by atoms with Gasteiger partial charge in [0.05, 0.1) is 6.20 Å². The molecule has 0 atom stereocenters. The van der Waals surface area contributed by atoms with Gasteiger partial charge in [-0.3, -0.25) is 0 Å². The number of aryl methyl sites for hydroxylation is 1. The van der Waals surface area contributed by atoms with Crippen LogP contribution in [0.4, 0.5) is 0 Å². The Bertz CT molecular complexity index is 500. The first-order valence-corrected chi connectivity index (χ1v) is 7.16. The summed E-state index contributed by atoms with van der Waals surface area (Å²) in [6, 6.07) is 0. The third kappa shape index (κ3) is 2.69. The van der Waals surface area contributed by atoms with E-state index in [4.69, 9.17) is 0 Å². The molecule has 0 aliphatic carbocycles. The van der Waals surface area contributed by atoms with E-state index in [0.29, 0.717) is 18.1 Å². The van der Waals surface area contributed by atoms with Crippen molar-refractivity contribution in [3.05, 3.63) is 12.0 Å². The summed E-state index contributed by atoms with van der Waals surface area (Å²) >= 11 is 0. The van der Waals surface area contributed by atoms with Crippen LogP contribution in [0.1, 0.15) is 12.2 Å². The number of fused-ring (bicyclic) bond motifs is 1. The number of nitrogens with one attached hydrogen (secondary N) is 1. The van der Waals surface area contributed by atoms with Gasteiger partial charge in [0, 0.05) is 33.1 Å². The van der Waals surface area contributed by atoms with Crippen molar-refractivity contribution < 1.29 is 8.42 Å². The zero-order valence-electron chi connectivity index (χ0n) is 10.6. The van der Waals surface area contributed by atoms with Gasteiger partial charge in [0.15, 0.2) is 5.03 Å². The fourth-order valence-electron chi connectivity index (χ4n) is 1.99. The predicted octanol–water partition coefficient (Wildman–Crippen LogP) is 0.0910. The molecule has 0 radical (unpaired) electrons.